The predicted molar refractivity (Wildman–Crippen MR) is 48.6 cm³/mol. The van der Waals surface area contributed by atoms with Gasteiger partial charge in [0.1, 0.15) is 11.9 Å². The van der Waals surface area contributed by atoms with Crippen LogP contribution in [-0.2, 0) is 4.79 Å². The molecule has 0 bridgehead atoms. The Morgan fingerprint density at radius 2 is 2.29 bits per heavy atom. The lowest BCUT2D eigenvalue weighted by Gasteiger charge is -2.07. The normalized spacial score (nSPS) is 12.1. The van der Waals surface area contributed by atoms with E-state index in [1.54, 1.807) is 0 Å². The second kappa shape index (κ2) is 3.84. The van der Waals surface area contributed by atoms with Crippen LogP contribution in [-0.4, -0.2) is 22.3 Å². The predicted octanol–water partition coefficient (Wildman–Crippen LogP) is -0.439. The van der Waals surface area contributed by atoms with E-state index in [2.05, 4.69) is 4.98 Å². The van der Waals surface area contributed by atoms with Crippen LogP contribution in [0.3, 0.4) is 0 Å². The molecule has 5 N–H and O–H groups in total. The number of aromatic nitrogens is 1. The lowest BCUT2D eigenvalue weighted by molar-refractivity contribution is -0.138. The standard InChI is InChI=1S/C8H9N3O3/c9-6(8(13)14)4-1-5(3-12)7(10)11-2-4/h1-3,6H,9H2,(H2,10,11)(H,13,14). The number of carboxylic acids is 1. The Morgan fingerprint density at radius 1 is 1.64 bits per heavy atom. The molecule has 0 amide bonds. The van der Waals surface area contributed by atoms with E-state index < -0.39 is 12.0 Å². The molecule has 0 fully saturated rings. The van der Waals surface area contributed by atoms with Crippen LogP contribution < -0.4 is 11.5 Å². The monoisotopic (exact) mass is 195 g/mol. The third-order valence-electron chi connectivity index (χ3n) is 1.72. The van der Waals surface area contributed by atoms with E-state index in [0.717, 1.165) is 0 Å². The van der Waals surface area contributed by atoms with Gasteiger partial charge in [0.25, 0.3) is 0 Å². The fourth-order valence-electron chi connectivity index (χ4n) is 0.916. The first-order valence-corrected chi connectivity index (χ1v) is 3.75. The van der Waals surface area contributed by atoms with Crippen molar-refractivity contribution in [3.8, 4) is 0 Å². The lowest BCUT2D eigenvalue weighted by atomic mass is 10.1. The number of nitrogens with zero attached hydrogens (tertiary/aromatic N) is 1. The van der Waals surface area contributed by atoms with Gasteiger partial charge in [-0.1, -0.05) is 0 Å². The van der Waals surface area contributed by atoms with Crippen molar-refractivity contribution in [3.63, 3.8) is 0 Å². The smallest absolute Gasteiger partial charge is 0.325 e. The number of aldehydes is 1. The van der Waals surface area contributed by atoms with Gasteiger partial charge in [0.15, 0.2) is 6.29 Å². The molecule has 6 nitrogen and oxygen atoms in total. The Bertz CT molecular complexity index is 378. The molecule has 0 aromatic carbocycles. The van der Waals surface area contributed by atoms with E-state index in [1.807, 2.05) is 0 Å². The van der Waals surface area contributed by atoms with Gasteiger partial charge in [-0.2, -0.15) is 0 Å². The van der Waals surface area contributed by atoms with Crippen molar-refractivity contribution in [2.75, 3.05) is 5.73 Å². The first-order valence-electron chi connectivity index (χ1n) is 3.75. The molecule has 0 aliphatic heterocycles. The molecule has 1 aromatic rings. The van der Waals surface area contributed by atoms with Crippen molar-refractivity contribution < 1.29 is 14.7 Å². The van der Waals surface area contributed by atoms with Gasteiger partial charge in [-0.05, 0) is 11.6 Å². The van der Waals surface area contributed by atoms with E-state index in [-0.39, 0.29) is 16.9 Å². The van der Waals surface area contributed by atoms with Crippen LogP contribution >= 0.6 is 0 Å². The third-order valence-corrected chi connectivity index (χ3v) is 1.72. The van der Waals surface area contributed by atoms with Crippen LogP contribution in [0.2, 0.25) is 0 Å². The first kappa shape index (κ1) is 10.1. The van der Waals surface area contributed by atoms with Crippen molar-refractivity contribution in [1.29, 1.82) is 0 Å². The topological polar surface area (TPSA) is 119 Å². The number of nitrogen functional groups attached to an aromatic ring is 1. The van der Waals surface area contributed by atoms with Gasteiger partial charge in [-0.15, -0.1) is 0 Å². The Kier molecular flexibility index (Phi) is 2.78. The molecule has 1 aromatic heterocycles. The van der Waals surface area contributed by atoms with Crippen molar-refractivity contribution in [3.05, 3.63) is 23.4 Å². The number of hydrogen-bond donors (Lipinski definition) is 3. The van der Waals surface area contributed by atoms with Crippen molar-refractivity contribution in [1.82, 2.24) is 4.98 Å². The Balaban J connectivity index is 3.12. The summed E-state index contributed by atoms with van der Waals surface area (Å²) in [6.45, 7) is 0. The van der Waals surface area contributed by atoms with E-state index in [1.165, 1.54) is 12.3 Å². The molecular formula is C8H9N3O3. The molecule has 6 heteroatoms. The van der Waals surface area contributed by atoms with Crippen LogP contribution in [0.4, 0.5) is 5.82 Å². The lowest BCUT2D eigenvalue weighted by Crippen LogP contribution is -2.21. The number of carbonyl (C=O) groups excluding carboxylic acids is 1. The van der Waals surface area contributed by atoms with E-state index in [4.69, 9.17) is 16.6 Å². The molecule has 14 heavy (non-hydrogen) atoms. The minimum absolute atomic E-state index is 0.0568. The number of carbonyl (C=O) groups is 2. The summed E-state index contributed by atoms with van der Waals surface area (Å²) in [5.41, 5.74) is 11.0. The maximum atomic E-state index is 10.5. The number of anilines is 1. The van der Waals surface area contributed by atoms with Gasteiger partial charge in [0, 0.05) is 6.20 Å². The average molecular weight is 195 g/mol. The number of pyridine rings is 1. The molecule has 1 rings (SSSR count). The zero-order valence-corrected chi connectivity index (χ0v) is 7.18. The molecule has 0 saturated heterocycles. The van der Waals surface area contributed by atoms with Gasteiger partial charge in [0.2, 0.25) is 0 Å². The second-order valence-electron chi connectivity index (χ2n) is 2.68. The van der Waals surface area contributed by atoms with Crippen LogP contribution in [0.25, 0.3) is 0 Å². The summed E-state index contributed by atoms with van der Waals surface area (Å²) >= 11 is 0. The van der Waals surface area contributed by atoms with Gasteiger partial charge >= 0.3 is 5.97 Å². The molecule has 1 unspecified atom stereocenters. The van der Waals surface area contributed by atoms with Gasteiger partial charge in [0.05, 0.1) is 5.56 Å². The zero-order valence-electron chi connectivity index (χ0n) is 7.18. The molecule has 1 heterocycles. The summed E-state index contributed by atoms with van der Waals surface area (Å²) in [6.07, 6.45) is 1.74. The first-order chi connectivity index (χ1) is 6.56. The maximum Gasteiger partial charge on any atom is 0.325 e. The summed E-state index contributed by atoms with van der Waals surface area (Å²) in [5.74, 6) is -1.13. The number of hydrogen-bond acceptors (Lipinski definition) is 5. The Labute approximate surface area is 79.5 Å². The minimum atomic E-state index is -1.19. The fraction of sp³-hybridized carbons (Fsp3) is 0.125. The SMILES string of the molecule is Nc1ncc(C(N)C(=O)O)cc1C=O. The fourth-order valence-corrected chi connectivity index (χ4v) is 0.916. The molecule has 0 radical (unpaired) electrons. The van der Waals surface area contributed by atoms with Crippen LogP contribution in [0.1, 0.15) is 22.0 Å². The van der Waals surface area contributed by atoms with Crippen molar-refractivity contribution in [2.24, 2.45) is 5.73 Å². The summed E-state index contributed by atoms with van der Waals surface area (Å²) in [5, 5.41) is 8.60. The number of nitrogens with two attached hydrogens (primary N) is 2. The summed E-state index contributed by atoms with van der Waals surface area (Å²) < 4.78 is 0. The maximum absolute atomic E-state index is 10.5. The highest BCUT2D eigenvalue weighted by atomic mass is 16.4. The highest BCUT2D eigenvalue weighted by Gasteiger charge is 2.15. The third kappa shape index (κ3) is 1.86. The summed E-state index contributed by atoms with van der Waals surface area (Å²) in [6, 6.07) is 0.121. The number of rotatable bonds is 3. The van der Waals surface area contributed by atoms with E-state index in [9.17, 15) is 9.59 Å². The Hall–Kier alpha value is -1.95. The molecule has 74 valence electrons. The van der Waals surface area contributed by atoms with Gasteiger partial charge in [-0.25, -0.2) is 4.98 Å². The highest BCUT2D eigenvalue weighted by molar-refractivity contribution is 5.83. The summed E-state index contributed by atoms with van der Waals surface area (Å²) in [7, 11) is 0. The highest BCUT2D eigenvalue weighted by Crippen LogP contribution is 2.14. The number of carboxylic acid groups (broad SMARTS) is 1. The summed E-state index contributed by atoms with van der Waals surface area (Å²) in [4.78, 5) is 24.6. The average Bonchev–Trinajstić information content (AvgIpc) is 2.17. The molecule has 0 aliphatic rings. The van der Waals surface area contributed by atoms with Gasteiger partial charge in [-0.3, -0.25) is 9.59 Å². The van der Waals surface area contributed by atoms with Gasteiger partial charge < -0.3 is 16.6 Å². The minimum Gasteiger partial charge on any atom is -0.480 e. The zero-order chi connectivity index (χ0) is 10.7. The quantitative estimate of drug-likeness (QED) is 0.562. The molecular weight excluding hydrogens is 186 g/mol. The second-order valence-corrected chi connectivity index (χ2v) is 2.68. The molecule has 1 atom stereocenters. The number of aliphatic carboxylic acids is 1. The van der Waals surface area contributed by atoms with Crippen LogP contribution in [0, 0.1) is 0 Å². The Morgan fingerprint density at radius 3 is 2.79 bits per heavy atom. The largest absolute Gasteiger partial charge is 0.480 e. The van der Waals surface area contributed by atoms with Crippen LogP contribution in [0.5, 0.6) is 0 Å². The molecule has 0 spiro atoms. The van der Waals surface area contributed by atoms with Crippen LogP contribution in [0.15, 0.2) is 12.3 Å². The molecule has 0 aliphatic carbocycles. The van der Waals surface area contributed by atoms with Crippen molar-refractivity contribution >= 4 is 18.1 Å². The van der Waals surface area contributed by atoms with E-state index in [0.29, 0.717) is 6.29 Å². The molecule has 0 saturated carbocycles. The van der Waals surface area contributed by atoms with E-state index >= 15 is 0 Å². The van der Waals surface area contributed by atoms with Crippen molar-refractivity contribution in [2.45, 2.75) is 6.04 Å².